The summed E-state index contributed by atoms with van der Waals surface area (Å²) in [5.74, 6) is 0.198. The number of benzene rings is 3. The summed E-state index contributed by atoms with van der Waals surface area (Å²) in [6, 6.07) is 23.7. The van der Waals surface area contributed by atoms with Gasteiger partial charge in [0, 0.05) is 6.08 Å². The van der Waals surface area contributed by atoms with Crippen molar-refractivity contribution in [3.63, 3.8) is 0 Å². The second-order valence-electron chi connectivity index (χ2n) is 6.92. The first-order chi connectivity index (χ1) is 16.1. The first-order valence-corrected chi connectivity index (χ1v) is 10.3. The highest BCUT2D eigenvalue weighted by Crippen LogP contribution is 2.18. The van der Waals surface area contributed by atoms with Crippen LogP contribution in [0, 0.1) is 0 Å². The van der Waals surface area contributed by atoms with Gasteiger partial charge in [0.1, 0.15) is 11.5 Å². The van der Waals surface area contributed by atoms with Gasteiger partial charge in [-0.25, -0.2) is 10.2 Å². The third kappa shape index (κ3) is 7.95. The van der Waals surface area contributed by atoms with Crippen LogP contribution in [0.5, 0.6) is 11.5 Å². The molecule has 0 fully saturated rings. The number of allylic oxidation sites excluding steroid dienone is 1. The average Bonchev–Trinajstić information content (AvgIpc) is 2.84. The molecule has 3 aromatic rings. The Morgan fingerprint density at radius 1 is 0.909 bits per heavy atom. The minimum Gasteiger partial charge on any atom is -0.483 e. The van der Waals surface area contributed by atoms with Crippen molar-refractivity contribution in [2.45, 2.75) is 6.42 Å². The van der Waals surface area contributed by atoms with E-state index in [-0.39, 0.29) is 12.5 Å². The van der Waals surface area contributed by atoms with Gasteiger partial charge in [0.25, 0.3) is 5.91 Å². The first-order valence-electron chi connectivity index (χ1n) is 10.3. The molecule has 166 valence electrons. The third-order valence-electron chi connectivity index (χ3n) is 4.41. The van der Waals surface area contributed by atoms with E-state index in [0.29, 0.717) is 17.9 Å². The summed E-state index contributed by atoms with van der Waals surface area (Å²) in [5, 5.41) is 3.93. The second kappa shape index (κ2) is 12.4. The van der Waals surface area contributed by atoms with Crippen molar-refractivity contribution in [1.29, 1.82) is 0 Å². The number of esters is 1. The highest BCUT2D eigenvalue weighted by atomic mass is 16.5. The van der Waals surface area contributed by atoms with E-state index in [0.717, 1.165) is 16.7 Å². The Balaban J connectivity index is 1.44. The molecule has 0 radical (unpaired) electrons. The fourth-order valence-electron chi connectivity index (χ4n) is 2.82. The van der Waals surface area contributed by atoms with Gasteiger partial charge in [-0.15, -0.1) is 6.58 Å². The molecule has 0 saturated heterocycles. The summed E-state index contributed by atoms with van der Waals surface area (Å²) in [4.78, 5) is 23.9. The van der Waals surface area contributed by atoms with Crippen molar-refractivity contribution in [2.75, 3.05) is 6.61 Å². The summed E-state index contributed by atoms with van der Waals surface area (Å²) < 4.78 is 10.8. The number of hydrogen-bond acceptors (Lipinski definition) is 5. The topological polar surface area (TPSA) is 77.0 Å². The number of carbonyl (C=O) groups excluding carboxylic acids is 2. The van der Waals surface area contributed by atoms with E-state index < -0.39 is 5.97 Å². The van der Waals surface area contributed by atoms with Gasteiger partial charge in [-0.3, -0.25) is 4.79 Å². The van der Waals surface area contributed by atoms with Crippen LogP contribution in [0.25, 0.3) is 6.08 Å². The van der Waals surface area contributed by atoms with Crippen LogP contribution < -0.4 is 14.9 Å². The van der Waals surface area contributed by atoms with Crippen molar-refractivity contribution in [1.82, 2.24) is 5.43 Å². The van der Waals surface area contributed by atoms with Crippen molar-refractivity contribution in [3.05, 3.63) is 114 Å². The molecule has 0 aliphatic heterocycles. The van der Waals surface area contributed by atoms with E-state index in [1.165, 1.54) is 12.3 Å². The van der Waals surface area contributed by atoms with Crippen molar-refractivity contribution >= 4 is 24.2 Å². The molecule has 0 heterocycles. The number of ether oxygens (including phenoxy) is 2. The number of amides is 1. The monoisotopic (exact) mass is 440 g/mol. The fourth-order valence-corrected chi connectivity index (χ4v) is 2.82. The molecule has 0 aliphatic carbocycles. The Bertz CT molecular complexity index is 1140. The molecule has 3 aromatic carbocycles. The van der Waals surface area contributed by atoms with Gasteiger partial charge in [-0.1, -0.05) is 54.6 Å². The van der Waals surface area contributed by atoms with Gasteiger partial charge in [0.15, 0.2) is 6.61 Å². The maximum absolute atomic E-state index is 12.0. The molecule has 1 N–H and O–H groups in total. The quantitative estimate of drug-likeness (QED) is 0.125. The van der Waals surface area contributed by atoms with Gasteiger partial charge in [0.2, 0.25) is 0 Å². The van der Waals surface area contributed by atoms with Crippen LogP contribution in [0.2, 0.25) is 0 Å². The number of hydrogen-bond donors (Lipinski definition) is 1. The van der Waals surface area contributed by atoms with Gasteiger partial charge in [-0.2, -0.15) is 5.10 Å². The zero-order chi connectivity index (χ0) is 23.3. The first kappa shape index (κ1) is 23.2. The summed E-state index contributed by atoms with van der Waals surface area (Å²) in [5.41, 5.74) is 5.02. The van der Waals surface area contributed by atoms with Gasteiger partial charge >= 0.3 is 5.97 Å². The summed E-state index contributed by atoms with van der Waals surface area (Å²) in [6.07, 6.45) is 6.99. The standard InChI is InChI=1S/C27H24N2O4/c1-2-8-23-11-6-7-12-25(23)32-20-26(30)29-28-19-22-13-16-24(17-14-22)33-27(31)18-15-21-9-4-3-5-10-21/h2-7,9-19H,1,8,20H2,(H,29,30). The van der Waals surface area contributed by atoms with Crippen molar-refractivity contribution in [2.24, 2.45) is 5.10 Å². The minimum atomic E-state index is -0.470. The molecular weight excluding hydrogens is 416 g/mol. The van der Waals surface area contributed by atoms with Crippen LogP contribution >= 0.6 is 0 Å². The van der Waals surface area contributed by atoms with E-state index in [4.69, 9.17) is 9.47 Å². The molecule has 1 amide bonds. The molecule has 0 unspecified atom stereocenters. The highest BCUT2D eigenvalue weighted by Gasteiger charge is 2.05. The molecule has 33 heavy (non-hydrogen) atoms. The molecule has 0 bridgehead atoms. The van der Waals surface area contributed by atoms with E-state index in [1.807, 2.05) is 48.5 Å². The van der Waals surface area contributed by atoms with Crippen LogP contribution in [0.4, 0.5) is 0 Å². The predicted molar refractivity (Wildman–Crippen MR) is 129 cm³/mol. The Kier molecular flexibility index (Phi) is 8.74. The van der Waals surface area contributed by atoms with Gasteiger partial charge in [0.05, 0.1) is 6.21 Å². The van der Waals surface area contributed by atoms with Crippen LogP contribution in [0.3, 0.4) is 0 Å². The number of nitrogens with zero attached hydrogens (tertiary/aromatic N) is 1. The van der Waals surface area contributed by atoms with Crippen LogP contribution in [0.1, 0.15) is 16.7 Å². The molecule has 3 rings (SSSR count). The maximum Gasteiger partial charge on any atom is 0.336 e. The highest BCUT2D eigenvalue weighted by molar-refractivity contribution is 5.89. The lowest BCUT2D eigenvalue weighted by molar-refractivity contribution is -0.129. The lowest BCUT2D eigenvalue weighted by Crippen LogP contribution is -2.24. The molecule has 6 heteroatoms. The smallest absolute Gasteiger partial charge is 0.336 e. The average molecular weight is 440 g/mol. The number of para-hydroxylation sites is 1. The third-order valence-corrected chi connectivity index (χ3v) is 4.41. The summed E-state index contributed by atoms with van der Waals surface area (Å²) in [6.45, 7) is 3.56. The van der Waals surface area contributed by atoms with E-state index in [9.17, 15) is 9.59 Å². The number of rotatable bonds is 10. The van der Waals surface area contributed by atoms with Crippen LogP contribution in [-0.4, -0.2) is 24.7 Å². The van der Waals surface area contributed by atoms with Gasteiger partial charge < -0.3 is 9.47 Å². The normalized spacial score (nSPS) is 10.8. The Labute approximate surface area is 192 Å². The number of carbonyl (C=O) groups is 2. The van der Waals surface area contributed by atoms with Gasteiger partial charge in [-0.05, 0) is 59.5 Å². The zero-order valence-corrected chi connectivity index (χ0v) is 18.0. The Hall–Kier alpha value is -4.45. The SMILES string of the molecule is C=CCc1ccccc1OCC(=O)NN=Cc1ccc(OC(=O)C=Cc2ccccc2)cc1. The van der Waals surface area contributed by atoms with E-state index >= 15 is 0 Å². The van der Waals surface area contributed by atoms with E-state index in [2.05, 4.69) is 17.1 Å². The lowest BCUT2D eigenvalue weighted by Gasteiger charge is -2.09. The molecule has 0 spiro atoms. The molecular formula is C27H24N2O4. The molecule has 6 nitrogen and oxygen atoms in total. The Morgan fingerprint density at radius 2 is 1.64 bits per heavy atom. The lowest BCUT2D eigenvalue weighted by atomic mass is 10.1. The number of nitrogens with one attached hydrogen (secondary N) is 1. The summed E-state index contributed by atoms with van der Waals surface area (Å²) >= 11 is 0. The number of hydrazone groups is 1. The molecule has 0 aliphatic rings. The summed E-state index contributed by atoms with van der Waals surface area (Å²) in [7, 11) is 0. The predicted octanol–water partition coefficient (Wildman–Crippen LogP) is 4.56. The van der Waals surface area contributed by atoms with Crippen molar-refractivity contribution < 1.29 is 19.1 Å². The zero-order valence-electron chi connectivity index (χ0n) is 18.0. The molecule has 0 aromatic heterocycles. The largest absolute Gasteiger partial charge is 0.483 e. The van der Waals surface area contributed by atoms with Crippen LogP contribution in [-0.2, 0) is 16.0 Å². The molecule has 0 saturated carbocycles. The maximum atomic E-state index is 12.0. The fraction of sp³-hybridized carbons (Fsp3) is 0.0741. The second-order valence-corrected chi connectivity index (χ2v) is 6.92. The Morgan fingerprint density at radius 3 is 2.39 bits per heavy atom. The van der Waals surface area contributed by atoms with Crippen molar-refractivity contribution in [3.8, 4) is 11.5 Å². The minimum absolute atomic E-state index is 0.156. The molecule has 0 atom stereocenters. The van der Waals surface area contributed by atoms with E-state index in [1.54, 1.807) is 42.5 Å². The van der Waals surface area contributed by atoms with Crippen LogP contribution in [0.15, 0.2) is 103 Å².